The van der Waals surface area contributed by atoms with Gasteiger partial charge in [-0.1, -0.05) is 0 Å². The average molecular weight is 332 g/mol. The van der Waals surface area contributed by atoms with E-state index in [4.69, 9.17) is 0 Å². The number of thiazole rings is 1. The minimum atomic E-state index is -0.933. The van der Waals surface area contributed by atoms with E-state index in [2.05, 4.69) is 15.6 Å². The number of carbonyl (C=O) groups excluding carboxylic acids is 1. The van der Waals surface area contributed by atoms with Gasteiger partial charge < -0.3 is 10.6 Å². The average Bonchev–Trinajstić information content (AvgIpc) is 2.79. The number of carbonyl (C=O) groups is 1. The molecule has 5 nitrogen and oxygen atoms in total. The molecular formula is C14H25N3O2S2. The van der Waals surface area contributed by atoms with Crippen molar-refractivity contribution in [1.82, 2.24) is 15.6 Å². The Morgan fingerprint density at radius 1 is 1.33 bits per heavy atom. The highest BCUT2D eigenvalue weighted by Crippen LogP contribution is 2.11. The number of hydrogen-bond acceptors (Lipinski definition) is 4. The van der Waals surface area contributed by atoms with E-state index in [1.807, 2.05) is 33.1 Å². The second-order valence-corrected chi connectivity index (χ2v) is 9.10. The molecule has 1 aromatic rings. The monoisotopic (exact) mass is 331 g/mol. The second kappa shape index (κ2) is 8.48. The maximum Gasteiger partial charge on any atom is 0.314 e. The predicted octanol–water partition coefficient (Wildman–Crippen LogP) is 2.23. The molecular weight excluding hydrogens is 306 g/mol. The van der Waals surface area contributed by atoms with E-state index >= 15 is 0 Å². The van der Waals surface area contributed by atoms with Crippen LogP contribution in [0.5, 0.6) is 0 Å². The Kier molecular flexibility index (Phi) is 7.31. The van der Waals surface area contributed by atoms with Crippen molar-refractivity contribution in [2.24, 2.45) is 0 Å². The van der Waals surface area contributed by atoms with Crippen LogP contribution in [0.25, 0.3) is 0 Å². The van der Waals surface area contributed by atoms with Crippen molar-refractivity contribution in [3.05, 3.63) is 16.1 Å². The van der Waals surface area contributed by atoms with E-state index in [-0.39, 0.29) is 10.8 Å². The molecule has 0 aromatic carbocycles. The van der Waals surface area contributed by atoms with Crippen LogP contribution < -0.4 is 10.6 Å². The van der Waals surface area contributed by atoms with Crippen LogP contribution in [0.2, 0.25) is 0 Å². The molecule has 0 aliphatic carbocycles. The maximum atomic E-state index is 11.8. The third-order valence-electron chi connectivity index (χ3n) is 2.78. The molecule has 0 saturated carbocycles. The lowest BCUT2D eigenvalue weighted by atomic mass is 10.3. The second-order valence-electron chi connectivity index (χ2n) is 5.83. The zero-order chi connectivity index (χ0) is 15.9. The lowest BCUT2D eigenvalue weighted by Gasteiger charge is -2.17. The molecule has 0 spiro atoms. The Morgan fingerprint density at radius 2 is 2.00 bits per heavy atom. The Bertz CT molecular complexity index is 481. The van der Waals surface area contributed by atoms with E-state index < -0.39 is 10.8 Å². The minimum absolute atomic E-state index is 0.198. The largest absolute Gasteiger partial charge is 0.338 e. The van der Waals surface area contributed by atoms with E-state index in [1.165, 1.54) is 0 Å². The van der Waals surface area contributed by atoms with Gasteiger partial charge in [0.1, 0.15) is 0 Å². The van der Waals surface area contributed by atoms with E-state index in [9.17, 15) is 9.00 Å². The van der Waals surface area contributed by atoms with Gasteiger partial charge in [0.15, 0.2) is 0 Å². The van der Waals surface area contributed by atoms with Crippen LogP contribution in [0, 0.1) is 6.92 Å². The zero-order valence-corrected chi connectivity index (χ0v) is 14.8. The summed E-state index contributed by atoms with van der Waals surface area (Å²) in [5, 5.41) is 8.67. The molecule has 0 unspecified atom stereocenters. The lowest BCUT2D eigenvalue weighted by Crippen LogP contribution is -2.39. The summed E-state index contributed by atoms with van der Waals surface area (Å²) in [5.41, 5.74) is 1.05. The van der Waals surface area contributed by atoms with Gasteiger partial charge >= 0.3 is 6.03 Å². The van der Waals surface area contributed by atoms with Crippen LogP contribution in [0.4, 0.5) is 4.79 Å². The summed E-state index contributed by atoms with van der Waals surface area (Å²) in [5.74, 6) is 0.481. The third kappa shape index (κ3) is 7.57. The van der Waals surface area contributed by atoms with Crippen molar-refractivity contribution in [3.63, 3.8) is 0 Å². The molecule has 1 rings (SSSR count). The quantitative estimate of drug-likeness (QED) is 0.753. The molecule has 1 atom stereocenters. The fourth-order valence-corrected chi connectivity index (χ4v) is 3.30. The molecule has 120 valence electrons. The molecule has 0 saturated heterocycles. The maximum absolute atomic E-state index is 11.8. The minimum Gasteiger partial charge on any atom is -0.338 e. The van der Waals surface area contributed by atoms with Crippen LogP contribution >= 0.6 is 11.3 Å². The first-order valence-electron chi connectivity index (χ1n) is 7.10. The molecule has 0 aliphatic rings. The fraction of sp³-hybridized carbons (Fsp3) is 0.714. The summed E-state index contributed by atoms with van der Waals surface area (Å²) in [4.78, 5) is 15.9. The number of nitrogens with zero attached hydrogens (tertiary/aromatic N) is 1. The van der Waals surface area contributed by atoms with Crippen LogP contribution in [-0.4, -0.2) is 38.8 Å². The predicted molar refractivity (Wildman–Crippen MR) is 89.3 cm³/mol. The zero-order valence-electron chi connectivity index (χ0n) is 13.2. The normalized spacial score (nSPS) is 13.0. The van der Waals surface area contributed by atoms with Gasteiger partial charge in [-0.3, -0.25) is 4.21 Å². The molecule has 2 amide bonds. The summed E-state index contributed by atoms with van der Waals surface area (Å²) in [7, 11) is -0.933. The number of aryl methyl sites for hydroxylation is 2. The highest BCUT2D eigenvalue weighted by atomic mass is 32.2. The van der Waals surface area contributed by atoms with Gasteiger partial charge in [-0.05, 0) is 34.1 Å². The van der Waals surface area contributed by atoms with Crippen LogP contribution in [0.15, 0.2) is 5.38 Å². The van der Waals surface area contributed by atoms with Crippen molar-refractivity contribution >= 4 is 28.2 Å². The van der Waals surface area contributed by atoms with E-state index in [1.54, 1.807) is 11.3 Å². The molecule has 21 heavy (non-hydrogen) atoms. The molecule has 7 heteroatoms. The molecule has 0 bridgehead atoms. The number of nitrogens with one attached hydrogen (secondary N) is 2. The molecule has 2 N–H and O–H groups in total. The molecule has 1 aromatic heterocycles. The number of amides is 2. The van der Waals surface area contributed by atoms with E-state index in [0.717, 1.165) is 23.5 Å². The van der Waals surface area contributed by atoms with Crippen molar-refractivity contribution in [1.29, 1.82) is 0 Å². The fourth-order valence-electron chi connectivity index (χ4n) is 1.59. The number of hydrogen-bond donors (Lipinski definition) is 2. The molecule has 1 heterocycles. The molecule has 0 fully saturated rings. The van der Waals surface area contributed by atoms with Crippen molar-refractivity contribution in [2.45, 2.75) is 45.3 Å². The van der Waals surface area contributed by atoms with Gasteiger partial charge in [-0.2, -0.15) is 0 Å². The molecule has 0 radical (unpaired) electrons. The van der Waals surface area contributed by atoms with Crippen LogP contribution in [0.1, 0.15) is 37.9 Å². The summed E-state index contributed by atoms with van der Waals surface area (Å²) in [6.45, 7) is 8.83. The first-order chi connectivity index (χ1) is 9.79. The summed E-state index contributed by atoms with van der Waals surface area (Å²) in [6, 6.07) is -0.198. The van der Waals surface area contributed by atoms with Crippen LogP contribution in [0.3, 0.4) is 0 Å². The van der Waals surface area contributed by atoms with Gasteiger partial charge in [0.25, 0.3) is 0 Å². The van der Waals surface area contributed by atoms with Gasteiger partial charge in [0.2, 0.25) is 0 Å². The van der Waals surface area contributed by atoms with Gasteiger partial charge in [0, 0.05) is 51.9 Å². The summed E-state index contributed by atoms with van der Waals surface area (Å²) < 4.78 is 11.6. The summed E-state index contributed by atoms with van der Waals surface area (Å²) >= 11 is 1.65. The highest BCUT2D eigenvalue weighted by Gasteiger charge is 2.18. The first-order valence-corrected chi connectivity index (χ1v) is 9.30. The molecule has 0 aliphatic heterocycles. The lowest BCUT2D eigenvalue weighted by molar-refractivity contribution is 0.241. The highest BCUT2D eigenvalue weighted by molar-refractivity contribution is 7.86. The first kappa shape index (κ1) is 18.1. The van der Waals surface area contributed by atoms with Gasteiger partial charge in [-0.15, -0.1) is 11.3 Å². The number of urea groups is 1. The van der Waals surface area contributed by atoms with Crippen molar-refractivity contribution < 1.29 is 9.00 Å². The van der Waals surface area contributed by atoms with Crippen molar-refractivity contribution in [2.75, 3.05) is 18.8 Å². The SMILES string of the molecule is Cc1csc(CCCNC(=O)NCC[S@@](=O)C(C)(C)C)n1. The number of aromatic nitrogens is 1. The van der Waals surface area contributed by atoms with Gasteiger partial charge in [0.05, 0.1) is 5.01 Å². The Hall–Kier alpha value is -0.950. The Balaban J connectivity index is 2.08. The van der Waals surface area contributed by atoms with Gasteiger partial charge in [-0.25, -0.2) is 9.78 Å². The standard InChI is InChI=1S/C14H25N3O2S2/c1-11-10-20-12(17-11)6-5-7-15-13(18)16-8-9-21(19)14(2,3)4/h10H,5-9H2,1-4H3,(H2,15,16,18)/t21-/m1/s1. The topological polar surface area (TPSA) is 71.1 Å². The van der Waals surface area contributed by atoms with Crippen LogP contribution in [-0.2, 0) is 17.2 Å². The Labute approximate surface area is 133 Å². The van der Waals surface area contributed by atoms with E-state index in [0.29, 0.717) is 18.8 Å². The summed E-state index contributed by atoms with van der Waals surface area (Å²) in [6.07, 6.45) is 1.75. The Morgan fingerprint density at radius 3 is 2.57 bits per heavy atom. The van der Waals surface area contributed by atoms with Crippen molar-refractivity contribution in [3.8, 4) is 0 Å². The number of rotatable bonds is 7. The third-order valence-corrected chi connectivity index (χ3v) is 5.74. The smallest absolute Gasteiger partial charge is 0.314 e.